The minimum atomic E-state index is -5.27. The van der Waals surface area contributed by atoms with Crippen molar-refractivity contribution in [2.75, 3.05) is 0 Å². The smallest absolute Gasteiger partial charge is 0.370 e. The molecule has 0 N–H and O–H groups in total. The molecule has 3 aromatic heterocycles. The fraction of sp³-hybridized carbons (Fsp3) is 0.0909. The van der Waals surface area contributed by atoms with E-state index in [0.29, 0.717) is 6.07 Å². The summed E-state index contributed by atoms with van der Waals surface area (Å²) >= 11 is 0. The molecule has 0 aliphatic carbocycles. The Hall–Kier alpha value is -5.74. The van der Waals surface area contributed by atoms with Gasteiger partial charge in [0, 0.05) is 0 Å². The Morgan fingerprint density at radius 2 is 1.05 bits per heavy atom. The second-order valence-corrected chi connectivity index (χ2v) is 7.44. The lowest BCUT2D eigenvalue weighted by atomic mass is 10.1. The molecule has 5 rings (SSSR count). The molecule has 10 nitrogen and oxygen atoms in total. The zero-order chi connectivity index (χ0) is 27.6. The van der Waals surface area contributed by atoms with E-state index >= 15 is 0 Å². The van der Waals surface area contributed by atoms with Crippen LogP contribution in [0.25, 0.3) is 53.8 Å². The van der Waals surface area contributed by atoms with Crippen molar-refractivity contribution in [3.8, 4) is 12.1 Å². The summed E-state index contributed by atoms with van der Waals surface area (Å²) < 4.78 is 81.7. The predicted octanol–water partition coefficient (Wildman–Crippen LogP) is 5.55. The maximum Gasteiger partial charge on any atom is 0.418 e. The first-order valence-corrected chi connectivity index (χ1v) is 9.81. The van der Waals surface area contributed by atoms with Crippen molar-refractivity contribution in [1.82, 2.24) is 29.9 Å². The second-order valence-electron chi connectivity index (χ2n) is 7.44. The van der Waals surface area contributed by atoms with E-state index in [1.54, 1.807) is 12.1 Å². The van der Waals surface area contributed by atoms with Crippen molar-refractivity contribution in [3.05, 3.63) is 57.5 Å². The van der Waals surface area contributed by atoms with Crippen LogP contribution < -0.4 is 0 Å². The van der Waals surface area contributed by atoms with Gasteiger partial charge in [-0.25, -0.2) is 19.9 Å². The van der Waals surface area contributed by atoms with Crippen LogP contribution in [0.1, 0.15) is 22.5 Å². The Balaban J connectivity index is 2.12. The minimum Gasteiger partial charge on any atom is -0.370 e. The molecule has 38 heavy (non-hydrogen) atoms. The molecule has 5 aromatic rings. The lowest BCUT2D eigenvalue weighted by Gasteiger charge is -2.14. The molecule has 0 unspecified atom stereocenters. The topological polar surface area (TPSA) is 134 Å². The van der Waals surface area contributed by atoms with E-state index < -0.39 is 68.6 Å². The highest BCUT2D eigenvalue weighted by Gasteiger charge is 2.39. The molecule has 182 valence electrons. The van der Waals surface area contributed by atoms with Gasteiger partial charge in [-0.05, 0) is 12.1 Å². The molecule has 0 aliphatic rings. The number of aromatic nitrogens is 6. The molecule has 2 aromatic carbocycles. The van der Waals surface area contributed by atoms with Gasteiger partial charge in [0.2, 0.25) is 11.0 Å². The molecule has 0 aliphatic heterocycles. The number of fused-ring (bicyclic) bond motifs is 7. The van der Waals surface area contributed by atoms with Crippen LogP contribution in [0, 0.1) is 35.8 Å². The van der Waals surface area contributed by atoms with E-state index in [0.717, 1.165) is 0 Å². The molecule has 0 saturated carbocycles. The van der Waals surface area contributed by atoms with E-state index in [1.807, 2.05) is 0 Å². The van der Waals surface area contributed by atoms with Crippen molar-refractivity contribution in [1.29, 1.82) is 10.5 Å². The average Bonchev–Trinajstić information content (AvgIpc) is 2.88. The summed E-state index contributed by atoms with van der Waals surface area (Å²) in [4.78, 5) is 30.1. The van der Waals surface area contributed by atoms with Crippen molar-refractivity contribution < 1.29 is 26.3 Å². The highest BCUT2D eigenvalue weighted by molar-refractivity contribution is 6.19. The molecule has 0 bridgehead atoms. The molecule has 0 spiro atoms. The van der Waals surface area contributed by atoms with Gasteiger partial charge in [-0.1, -0.05) is 13.1 Å². The summed E-state index contributed by atoms with van der Waals surface area (Å²) in [5, 5.41) is 18.7. The van der Waals surface area contributed by atoms with Crippen LogP contribution in [0.5, 0.6) is 0 Å². The molecular weight excluding hydrogens is 518 g/mol. The summed E-state index contributed by atoms with van der Waals surface area (Å²) in [5.74, 6) is -1.03. The van der Waals surface area contributed by atoms with Crippen LogP contribution >= 0.6 is 0 Å². The summed E-state index contributed by atoms with van der Waals surface area (Å²) in [6, 6.07) is 3.52. The number of alkyl halides is 6. The zero-order valence-electron chi connectivity index (χ0n) is 17.9. The number of halogens is 6. The van der Waals surface area contributed by atoms with Gasteiger partial charge in [0.1, 0.15) is 39.7 Å². The molecule has 0 saturated heterocycles. The van der Waals surface area contributed by atoms with Crippen LogP contribution in [0.15, 0.2) is 12.1 Å². The van der Waals surface area contributed by atoms with Gasteiger partial charge < -0.3 is 9.69 Å². The van der Waals surface area contributed by atoms with Gasteiger partial charge in [-0.2, -0.15) is 36.9 Å². The van der Waals surface area contributed by atoms with Crippen LogP contribution in [0.3, 0.4) is 0 Å². The van der Waals surface area contributed by atoms with E-state index in [1.165, 1.54) is 0 Å². The van der Waals surface area contributed by atoms with Crippen LogP contribution in [-0.4, -0.2) is 29.9 Å². The molecule has 0 radical (unpaired) electrons. The Kier molecular flexibility index (Phi) is 4.97. The molecule has 3 heterocycles. The SMILES string of the molecule is [C-]#[N+]c1nc2c3nc(C#N)c(C#N)nc3c3nc4c(C(F)(F)F)cc(C(F)(F)F)cc4nc3c2nc1[N+]#[C-]. The highest BCUT2D eigenvalue weighted by Crippen LogP contribution is 2.41. The highest BCUT2D eigenvalue weighted by atomic mass is 19.4. The Bertz CT molecular complexity index is 2050. The summed E-state index contributed by atoms with van der Waals surface area (Å²) in [6.45, 7) is 14.5. The van der Waals surface area contributed by atoms with E-state index in [2.05, 4.69) is 39.6 Å². The van der Waals surface area contributed by atoms with Crippen molar-refractivity contribution >= 4 is 55.8 Å². The number of nitrogens with zero attached hydrogens (tertiary/aromatic N) is 10. The predicted molar refractivity (Wildman–Crippen MR) is 115 cm³/mol. The number of hydrogen-bond acceptors (Lipinski definition) is 8. The lowest BCUT2D eigenvalue weighted by molar-refractivity contribution is -0.142. The first-order valence-electron chi connectivity index (χ1n) is 9.81. The lowest BCUT2D eigenvalue weighted by Crippen LogP contribution is -2.12. The maximum absolute atomic E-state index is 13.8. The first kappa shape index (κ1) is 24.0. The molecule has 0 atom stereocenters. The normalized spacial score (nSPS) is 11.8. The second kappa shape index (κ2) is 7.88. The third-order valence-corrected chi connectivity index (χ3v) is 5.25. The van der Waals surface area contributed by atoms with E-state index in [-0.39, 0.29) is 28.1 Å². The van der Waals surface area contributed by atoms with Gasteiger partial charge in [-0.3, -0.25) is 0 Å². The molecular formula is C22H2F6N10. The summed E-state index contributed by atoms with van der Waals surface area (Å²) in [7, 11) is 0. The standard InChI is InChI=1S/C22H2F6N10/c1-31-19-20(32-2)38-18-15-16(13-14(17(18)37-19)35-11(6-30)10(5-29)34-13)36-12-8(22(26,27)28)3-7(21(23,24)25)4-9(12)33-15/h3-4H. The number of benzene rings is 2. The Morgan fingerprint density at radius 3 is 1.47 bits per heavy atom. The maximum atomic E-state index is 13.8. The van der Waals surface area contributed by atoms with Crippen LogP contribution in [-0.2, 0) is 12.4 Å². The quantitative estimate of drug-likeness (QED) is 0.112. The van der Waals surface area contributed by atoms with Crippen molar-refractivity contribution in [3.63, 3.8) is 0 Å². The van der Waals surface area contributed by atoms with E-state index in [9.17, 15) is 36.9 Å². The third-order valence-electron chi connectivity index (χ3n) is 5.25. The Morgan fingerprint density at radius 1 is 0.605 bits per heavy atom. The summed E-state index contributed by atoms with van der Waals surface area (Å²) in [5.41, 5.74) is -8.30. The fourth-order valence-electron chi connectivity index (χ4n) is 3.69. The van der Waals surface area contributed by atoms with Gasteiger partial charge in [0.05, 0.1) is 16.6 Å². The van der Waals surface area contributed by atoms with Crippen LogP contribution in [0.4, 0.5) is 38.0 Å². The third kappa shape index (κ3) is 3.48. The largest absolute Gasteiger partial charge is 0.418 e. The van der Waals surface area contributed by atoms with Gasteiger partial charge in [-0.15, -0.1) is 9.97 Å². The molecule has 0 amide bonds. The molecule has 16 heteroatoms. The minimum absolute atomic E-state index is 0.106. The average molecular weight is 520 g/mol. The monoisotopic (exact) mass is 520 g/mol. The van der Waals surface area contributed by atoms with Gasteiger partial charge in [0.15, 0.2) is 11.4 Å². The van der Waals surface area contributed by atoms with Crippen molar-refractivity contribution in [2.45, 2.75) is 12.4 Å². The van der Waals surface area contributed by atoms with Crippen molar-refractivity contribution in [2.24, 2.45) is 0 Å². The first-order chi connectivity index (χ1) is 17.9. The zero-order valence-corrected chi connectivity index (χ0v) is 17.9. The van der Waals surface area contributed by atoms with Gasteiger partial charge >= 0.3 is 12.4 Å². The Labute approximate surface area is 205 Å². The van der Waals surface area contributed by atoms with Crippen LogP contribution in [0.2, 0.25) is 0 Å². The molecule has 0 fully saturated rings. The fourth-order valence-corrected chi connectivity index (χ4v) is 3.69. The summed E-state index contributed by atoms with van der Waals surface area (Å²) in [6.07, 6.45) is -10.4. The number of hydrogen-bond donors (Lipinski definition) is 0. The number of nitriles is 2. The van der Waals surface area contributed by atoms with E-state index in [4.69, 9.17) is 13.1 Å². The van der Waals surface area contributed by atoms with Gasteiger partial charge in [0.25, 0.3) is 11.6 Å². The number of rotatable bonds is 0.